The van der Waals surface area contributed by atoms with Crippen molar-refractivity contribution in [1.29, 1.82) is 0 Å². The Bertz CT molecular complexity index is 357. The third-order valence-corrected chi connectivity index (χ3v) is 3.14. The first-order chi connectivity index (χ1) is 8.58. The Hall–Kier alpha value is -1.04. The predicted octanol–water partition coefficient (Wildman–Crippen LogP) is 2.15. The van der Waals surface area contributed by atoms with E-state index < -0.39 is 6.10 Å². The zero-order valence-electron chi connectivity index (χ0n) is 10.4. The minimum absolute atomic E-state index is 0.0686. The minimum Gasteiger partial charge on any atom is -0.453 e. The van der Waals surface area contributed by atoms with Crippen LogP contribution in [-0.4, -0.2) is 28.3 Å². The zero-order valence-corrected chi connectivity index (χ0v) is 11.2. The summed E-state index contributed by atoms with van der Waals surface area (Å²) in [6.45, 7) is 2.08. The summed E-state index contributed by atoms with van der Waals surface area (Å²) in [6, 6.07) is 9.41. The summed E-state index contributed by atoms with van der Waals surface area (Å²) in [6.07, 6.45) is -0.0850. The molecule has 3 N–H and O–H groups in total. The number of benzene rings is 1. The van der Waals surface area contributed by atoms with Gasteiger partial charge in [0.05, 0.1) is 6.10 Å². The van der Waals surface area contributed by atoms with Crippen molar-refractivity contribution in [3.63, 3.8) is 0 Å². The second-order valence-electron chi connectivity index (χ2n) is 4.20. The second-order valence-corrected chi connectivity index (χ2v) is 5.16. The molecule has 0 spiro atoms. The Balaban J connectivity index is 2.18. The standard InChI is InChI=1S/C13H19NO3S/c1-10(14)7-12(15)9-18-13(16)17-8-11-5-3-2-4-6-11/h2-6,10,12,15H,7-9,14H2,1H3. The molecule has 0 aromatic heterocycles. The van der Waals surface area contributed by atoms with E-state index >= 15 is 0 Å². The van der Waals surface area contributed by atoms with Crippen molar-refractivity contribution in [3.05, 3.63) is 35.9 Å². The second kappa shape index (κ2) is 8.13. The molecule has 0 amide bonds. The molecule has 2 unspecified atom stereocenters. The first-order valence-corrected chi connectivity index (χ1v) is 6.83. The summed E-state index contributed by atoms with van der Waals surface area (Å²) in [5.41, 5.74) is 6.50. The Morgan fingerprint density at radius 2 is 2.11 bits per heavy atom. The molecule has 5 heteroatoms. The van der Waals surface area contributed by atoms with E-state index in [0.29, 0.717) is 12.2 Å². The van der Waals surface area contributed by atoms with Crippen molar-refractivity contribution in [3.8, 4) is 0 Å². The summed E-state index contributed by atoms with van der Waals surface area (Å²) >= 11 is 0.979. The van der Waals surface area contributed by atoms with Crippen LogP contribution in [0.5, 0.6) is 0 Å². The van der Waals surface area contributed by atoms with Crippen LogP contribution in [0, 0.1) is 0 Å². The average Bonchev–Trinajstić information content (AvgIpc) is 2.34. The molecule has 1 aromatic carbocycles. The van der Waals surface area contributed by atoms with Gasteiger partial charge in [0.15, 0.2) is 0 Å². The van der Waals surface area contributed by atoms with Gasteiger partial charge in [0.25, 0.3) is 0 Å². The van der Waals surface area contributed by atoms with Gasteiger partial charge in [0, 0.05) is 11.8 Å². The summed E-state index contributed by atoms with van der Waals surface area (Å²) in [4.78, 5) is 11.4. The van der Waals surface area contributed by atoms with E-state index in [4.69, 9.17) is 10.5 Å². The number of nitrogens with two attached hydrogens (primary N) is 1. The van der Waals surface area contributed by atoms with Gasteiger partial charge in [0.1, 0.15) is 6.61 Å². The molecule has 1 aromatic rings. The molecule has 18 heavy (non-hydrogen) atoms. The van der Waals surface area contributed by atoms with Crippen LogP contribution in [0.4, 0.5) is 4.79 Å². The summed E-state index contributed by atoms with van der Waals surface area (Å²) < 4.78 is 5.07. The number of ether oxygens (including phenoxy) is 1. The van der Waals surface area contributed by atoms with Gasteiger partial charge in [-0.2, -0.15) is 0 Å². The van der Waals surface area contributed by atoms with Gasteiger partial charge >= 0.3 is 5.30 Å². The van der Waals surface area contributed by atoms with Crippen molar-refractivity contribution < 1.29 is 14.6 Å². The molecule has 100 valence electrons. The van der Waals surface area contributed by atoms with Crippen molar-refractivity contribution in [1.82, 2.24) is 0 Å². The molecule has 0 fully saturated rings. The summed E-state index contributed by atoms with van der Waals surface area (Å²) in [7, 11) is 0. The van der Waals surface area contributed by atoms with E-state index in [1.807, 2.05) is 37.3 Å². The molecule has 0 radical (unpaired) electrons. The monoisotopic (exact) mass is 269 g/mol. The van der Waals surface area contributed by atoms with Gasteiger partial charge in [0.2, 0.25) is 0 Å². The van der Waals surface area contributed by atoms with Gasteiger partial charge in [-0.05, 0) is 30.7 Å². The van der Waals surface area contributed by atoms with Crippen LogP contribution in [0.25, 0.3) is 0 Å². The maximum atomic E-state index is 11.4. The molecule has 0 aliphatic rings. The normalized spacial score (nSPS) is 13.9. The quantitative estimate of drug-likeness (QED) is 0.774. The first kappa shape index (κ1) is 15.0. The number of hydrogen-bond donors (Lipinski definition) is 2. The molecule has 0 aliphatic carbocycles. The van der Waals surface area contributed by atoms with Crippen LogP contribution in [0.1, 0.15) is 18.9 Å². The third-order valence-electron chi connectivity index (χ3n) is 2.24. The van der Waals surface area contributed by atoms with E-state index in [9.17, 15) is 9.90 Å². The van der Waals surface area contributed by atoms with Crippen molar-refractivity contribution >= 4 is 17.1 Å². The summed E-state index contributed by atoms with van der Waals surface area (Å²) in [5, 5.41) is 9.17. The Morgan fingerprint density at radius 1 is 1.44 bits per heavy atom. The number of carbonyl (C=O) groups is 1. The van der Waals surface area contributed by atoms with Crippen LogP contribution in [0.15, 0.2) is 30.3 Å². The Kier molecular flexibility index (Phi) is 6.78. The van der Waals surface area contributed by atoms with Gasteiger partial charge in [-0.3, -0.25) is 0 Å². The average molecular weight is 269 g/mol. The van der Waals surface area contributed by atoms with E-state index in [0.717, 1.165) is 17.3 Å². The lowest BCUT2D eigenvalue weighted by molar-refractivity contribution is 0.166. The highest BCUT2D eigenvalue weighted by Gasteiger charge is 2.11. The Morgan fingerprint density at radius 3 is 2.72 bits per heavy atom. The predicted molar refractivity (Wildman–Crippen MR) is 73.4 cm³/mol. The van der Waals surface area contributed by atoms with E-state index in [-0.39, 0.29) is 18.0 Å². The van der Waals surface area contributed by atoms with Gasteiger partial charge in [-0.1, -0.05) is 30.3 Å². The van der Waals surface area contributed by atoms with E-state index in [1.54, 1.807) is 0 Å². The van der Waals surface area contributed by atoms with E-state index in [1.165, 1.54) is 0 Å². The number of aliphatic hydroxyl groups excluding tert-OH is 1. The maximum absolute atomic E-state index is 11.4. The Labute approximate surface area is 112 Å². The minimum atomic E-state index is -0.570. The van der Waals surface area contributed by atoms with Crippen LogP contribution in [0.3, 0.4) is 0 Å². The van der Waals surface area contributed by atoms with Crippen LogP contribution in [-0.2, 0) is 11.3 Å². The third kappa shape index (κ3) is 6.64. The first-order valence-electron chi connectivity index (χ1n) is 5.85. The molecule has 0 saturated heterocycles. The number of thioether (sulfide) groups is 1. The molecule has 4 nitrogen and oxygen atoms in total. The molecular weight excluding hydrogens is 250 g/mol. The van der Waals surface area contributed by atoms with Crippen molar-refractivity contribution in [2.75, 3.05) is 5.75 Å². The number of carbonyl (C=O) groups excluding carboxylic acids is 1. The molecule has 0 heterocycles. The van der Waals surface area contributed by atoms with Gasteiger partial charge in [-0.15, -0.1) is 0 Å². The number of rotatable bonds is 6. The highest BCUT2D eigenvalue weighted by atomic mass is 32.2. The lowest BCUT2D eigenvalue weighted by Crippen LogP contribution is -2.24. The van der Waals surface area contributed by atoms with Gasteiger partial charge in [-0.25, -0.2) is 4.79 Å². The fourth-order valence-corrected chi connectivity index (χ4v) is 2.03. The van der Waals surface area contributed by atoms with Crippen LogP contribution in [0.2, 0.25) is 0 Å². The SMILES string of the molecule is CC(N)CC(O)CSC(=O)OCc1ccccc1. The molecule has 2 atom stereocenters. The smallest absolute Gasteiger partial charge is 0.367 e. The molecule has 0 bridgehead atoms. The number of hydrogen-bond acceptors (Lipinski definition) is 5. The molecule has 0 saturated carbocycles. The van der Waals surface area contributed by atoms with E-state index in [2.05, 4.69) is 0 Å². The highest BCUT2D eigenvalue weighted by molar-refractivity contribution is 8.13. The highest BCUT2D eigenvalue weighted by Crippen LogP contribution is 2.12. The molecular formula is C13H19NO3S. The lowest BCUT2D eigenvalue weighted by atomic mass is 10.2. The van der Waals surface area contributed by atoms with Gasteiger partial charge < -0.3 is 15.6 Å². The van der Waals surface area contributed by atoms with Crippen molar-refractivity contribution in [2.45, 2.75) is 32.1 Å². The molecule has 1 rings (SSSR count). The lowest BCUT2D eigenvalue weighted by Gasteiger charge is -2.11. The molecule has 0 aliphatic heterocycles. The summed E-state index contributed by atoms with van der Waals surface area (Å²) in [5.74, 6) is 0.315. The number of aliphatic hydroxyl groups is 1. The fraction of sp³-hybridized carbons (Fsp3) is 0.462. The zero-order chi connectivity index (χ0) is 13.4. The van der Waals surface area contributed by atoms with Crippen LogP contribution >= 0.6 is 11.8 Å². The largest absolute Gasteiger partial charge is 0.453 e. The van der Waals surface area contributed by atoms with Crippen molar-refractivity contribution in [2.24, 2.45) is 5.73 Å². The maximum Gasteiger partial charge on any atom is 0.367 e. The topological polar surface area (TPSA) is 72.5 Å². The fourth-order valence-electron chi connectivity index (χ4n) is 1.42. The van der Waals surface area contributed by atoms with Crippen LogP contribution < -0.4 is 5.73 Å².